The molecule has 1 heterocycles. The number of likely N-dealkylation sites (tertiary alicyclic amines) is 1. The zero-order chi connectivity index (χ0) is 13.1. The van der Waals surface area contributed by atoms with Crippen LogP contribution in [0.1, 0.15) is 30.4 Å². The Balaban J connectivity index is 2.25. The molecule has 98 valence electrons. The summed E-state index contributed by atoms with van der Waals surface area (Å²) in [5, 5.41) is 0. The first-order valence-electron chi connectivity index (χ1n) is 6.53. The Hall–Kier alpha value is -1.35. The molecular weight excluding hydrogens is 226 g/mol. The average Bonchev–Trinajstić information content (AvgIpc) is 2.38. The number of ketones is 1. The predicted octanol–water partition coefficient (Wildman–Crippen LogP) is 2.25. The summed E-state index contributed by atoms with van der Waals surface area (Å²) in [7, 11) is 3.69. The van der Waals surface area contributed by atoms with Crippen LogP contribution >= 0.6 is 0 Å². The average molecular weight is 247 g/mol. The molecule has 3 heteroatoms. The van der Waals surface area contributed by atoms with Gasteiger partial charge in [-0.1, -0.05) is 19.1 Å². The highest BCUT2D eigenvalue weighted by Gasteiger charge is 2.26. The molecule has 1 saturated heterocycles. The van der Waals surface area contributed by atoms with Crippen LogP contribution in [0.15, 0.2) is 18.2 Å². The first-order valence-corrected chi connectivity index (χ1v) is 6.53. The summed E-state index contributed by atoms with van der Waals surface area (Å²) in [4.78, 5) is 14.2. The third-order valence-corrected chi connectivity index (χ3v) is 3.70. The lowest BCUT2D eigenvalue weighted by Crippen LogP contribution is -2.37. The van der Waals surface area contributed by atoms with Gasteiger partial charge >= 0.3 is 0 Å². The van der Waals surface area contributed by atoms with Gasteiger partial charge in [0.25, 0.3) is 0 Å². The highest BCUT2D eigenvalue weighted by molar-refractivity contribution is 5.88. The highest BCUT2D eigenvalue weighted by atomic mass is 16.5. The molecular formula is C15H21NO2. The maximum absolute atomic E-state index is 12.1. The van der Waals surface area contributed by atoms with Gasteiger partial charge in [0.1, 0.15) is 5.75 Å². The Labute approximate surface area is 109 Å². The molecule has 0 N–H and O–H groups in total. The van der Waals surface area contributed by atoms with Gasteiger partial charge in [-0.3, -0.25) is 9.69 Å². The molecule has 0 saturated carbocycles. The lowest BCUT2D eigenvalue weighted by Gasteiger charge is -2.28. The number of aryl methyl sites for hydroxylation is 1. The van der Waals surface area contributed by atoms with E-state index in [4.69, 9.17) is 4.74 Å². The molecule has 3 nitrogen and oxygen atoms in total. The summed E-state index contributed by atoms with van der Waals surface area (Å²) in [5.74, 6) is 1.31. The van der Waals surface area contributed by atoms with Gasteiger partial charge in [0.2, 0.25) is 0 Å². The van der Waals surface area contributed by atoms with E-state index in [0.29, 0.717) is 12.3 Å². The van der Waals surface area contributed by atoms with Crippen molar-refractivity contribution in [2.24, 2.45) is 0 Å². The molecule has 0 bridgehead atoms. The fourth-order valence-electron chi connectivity index (χ4n) is 2.61. The van der Waals surface area contributed by atoms with Gasteiger partial charge in [-0.25, -0.2) is 0 Å². The lowest BCUT2D eigenvalue weighted by atomic mass is 9.87. The van der Waals surface area contributed by atoms with E-state index in [9.17, 15) is 4.79 Å². The fraction of sp³-hybridized carbons (Fsp3) is 0.533. The summed E-state index contributed by atoms with van der Waals surface area (Å²) in [5.41, 5.74) is 2.33. The van der Waals surface area contributed by atoms with Crippen LogP contribution in [-0.4, -0.2) is 37.9 Å². The number of hydrogen-bond acceptors (Lipinski definition) is 3. The van der Waals surface area contributed by atoms with E-state index >= 15 is 0 Å². The Morgan fingerprint density at radius 3 is 2.83 bits per heavy atom. The van der Waals surface area contributed by atoms with Crippen molar-refractivity contribution in [2.75, 3.05) is 27.2 Å². The third-order valence-electron chi connectivity index (χ3n) is 3.70. The van der Waals surface area contributed by atoms with Crippen LogP contribution in [0.3, 0.4) is 0 Å². The normalized spacial score (nSPS) is 21.1. The number of nitrogens with zero attached hydrogens (tertiary/aromatic N) is 1. The molecule has 1 aromatic rings. The minimum Gasteiger partial charge on any atom is -0.496 e. The molecule has 1 fully saturated rings. The number of carbonyl (C=O) groups is 1. The Kier molecular flexibility index (Phi) is 4.02. The molecule has 1 aliphatic rings. The van der Waals surface area contributed by atoms with Crippen molar-refractivity contribution in [1.82, 2.24) is 4.90 Å². The number of Topliss-reactive ketones (excluding diaryl/α,β-unsaturated/α-hetero) is 1. The maximum Gasteiger partial charge on any atom is 0.154 e. The molecule has 1 aromatic carbocycles. The Bertz CT molecular complexity index is 442. The SMILES string of the molecule is CCc1cc(C2CCN(C)CC2=O)ccc1OC. The molecule has 18 heavy (non-hydrogen) atoms. The molecule has 0 spiro atoms. The van der Waals surface area contributed by atoms with Crippen molar-refractivity contribution < 1.29 is 9.53 Å². The Morgan fingerprint density at radius 2 is 2.22 bits per heavy atom. The molecule has 2 rings (SSSR count). The molecule has 0 aliphatic carbocycles. The van der Waals surface area contributed by atoms with Gasteiger partial charge in [-0.05, 0) is 43.6 Å². The number of rotatable bonds is 3. The van der Waals surface area contributed by atoms with Gasteiger partial charge in [-0.2, -0.15) is 0 Å². The quantitative estimate of drug-likeness (QED) is 0.820. The zero-order valence-corrected chi connectivity index (χ0v) is 11.4. The van der Waals surface area contributed by atoms with Gasteiger partial charge in [0, 0.05) is 5.92 Å². The van der Waals surface area contributed by atoms with Crippen LogP contribution in [0.25, 0.3) is 0 Å². The van der Waals surface area contributed by atoms with E-state index in [1.165, 1.54) is 5.56 Å². The van der Waals surface area contributed by atoms with Gasteiger partial charge < -0.3 is 4.74 Å². The topological polar surface area (TPSA) is 29.5 Å². The van der Waals surface area contributed by atoms with Crippen LogP contribution in [0, 0.1) is 0 Å². The number of hydrogen-bond donors (Lipinski definition) is 0. The summed E-state index contributed by atoms with van der Waals surface area (Å²) in [6.45, 7) is 3.67. The van der Waals surface area contributed by atoms with Crippen molar-refractivity contribution in [1.29, 1.82) is 0 Å². The van der Waals surface area contributed by atoms with E-state index in [2.05, 4.69) is 17.9 Å². The first-order chi connectivity index (χ1) is 8.65. The predicted molar refractivity (Wildman–Crippen MR) is 72.2 cm³/mol. The van der Waals surface area contributed by atoms with Crippen molar-refractivity contribution in [2.45, 2.75) is 25.7 Å². The molecule has 0 aromatic heterocycles. The van der Waals surface area contributed by atoms with Crippen LogP contribution in [0.5, 0.6) is 5.75 Å². The lowest BCUT2D eigenvalue weighted by molar-refractivity contribution is -0.123. The largest absolute Gasteiger partial charge is 0.496 e. The van der Waals surface area contributed by atoms with Crippen molar-refractivity contribution in [3.8, 4) is 5.75 Å². The summed E-state index contributed by atoms with van der Waals surface area (Å²) in [6, 6.07) is 6.15. The minimum atomic E-state index is 0.0670. The monoisotopic (exact) mass is 247 g/mol. The highest BCUT2D eigenvalue weighted by Crippen LogP contribution is 2.29. The van der Waals surface area contributed by atoms with Crippen LogP contribution in [-0.2, 0) is 11.2 Å². The van der Waals surface area contributed by atoms with Crippen LogP contribution in [0.2, 0.25) is 0 Å². The van der Waals surface area contributed by atoms with Gasteiger partial charge in [-0.15, -0.1) is 0 Å². The van der Waals surface area contributed by atoms with E-state index in [-0.39, 0.29) is 5.92 Å². The number of likely N-dealkylation sites (N-methyl/N-ethyl adjacent to an activating group) is 1. The number of piperidine rings is 1. The number of benzene rings is 1. The molecule has 1 unspecified atom stereocenters. The van der Waals surface area contributed by atoms with Crippen LogP contribution in [0.4, 0.5) is 0 Å². The van der Waals surface area contributed by atoms with Gasteiger partial charge in [0.05, 0.1) is 13.7 Å². The second kappa shape index (κ2) is 5.53. The van der Waals surface area contributed by atoms with E-state index in [1.807, 2.05) is 19.2 Å². The number of methoxy groups -OCH3 is 1. The second-order valence-electron chi connectivity index (χ2n) is 4.97. The van der Waals surface area contributed by atoms with Crippen LogP contribution < -0.4 is 4.74 Å². The third kappa shape index (κ3) is 2.56. The molecule has 0 amide bonds. The summed E-state index contributed by atoms with van der Waals surface area (Å²) < 4.78 is 5.33. The fourth-order valence-corrected chi connectivity index (χ4v) is 2.61. The minimum absolute atomic E-state index is 0.0670. The molecule has 0 radical (unpaired) electrons. The van der Waals surface area contributed by atoms with E-state index in [1.54, 1.807) is 7.11 Å². The summed E-state index contributed by atoms with van der Waals surface area (Å²) >= 11 is 0. The first kappa shape index (κ1) is 13.1. The standard InChI is InChI=1S/C15H21NO2/c1-4-11-9-12(5-6-15(11)18-3)13-7-8-16(2)10-14(13)17/h5-6,9,13H,4,7-8,10H2,1-3H3. The molecule has 1 aliphatic heterocycles. The van der Waals surface area contributed by atoms with Gasteiger partial charge in [0.15, 0.2) is 5.78 Å². The number of carbonyl (C=O) groups excluding carboxylic acids is 1. The van der Waals surface area contributed by atoms with E-state index in [0.717, 1.165) is 30.7 Å². The molecule has 1 atom stereocenters. The van der Waals surface area contributed by atoms with Crippen molar-refractivity contribution in [3.63, 3.8) is 0 Å². The van der Waals surface area contributed by atoms with E-state index < -0.39 is 0 Å². The second-order valence-corrected chi connectivity index (χ2v) is 4.97. The smallest absolute Gasteiger partial charge is 0.154 e. The van der Waals surface area contributed by atoms with Crippen molar-refractivity contribution >= 4 is 5.78 Å². The number of ether oxygens (including phenoxy) is 1. The maximum atomic E-state index is 12.1. The zero-order valence-electron chi connectivity index (χ0n) is 11.4. The van der Waals surface area contributed by atoms with Crippen molar-refractivity contribution in [3.05, 3.63) is 29.3 Å². The summed E-state index contributed by atoms with van der Waals surface area (Å²) in [6.07, 6.45) is 1.85. The Morgan fingerprint density at radius 1 is 1.44 bits per heavy atom.